The Labute approximate surface area is 172 Å². The molecule has 0 amide bonds. The van der Waals surface area contributed by atoms with Gasteiger partial charge in [-0.3, -0.25) is 4.79 Å². The minimum Gasteiger partial charge on any atom is -0.348 e. The summed E-state index contributed by atoms with van der Waals surface area (Å²) in [6.07, 6.45) is 16.1. The van der Waals surface area contributed by atoms with Crippen molar-refractivity contribution in [1.82, 2.24) is 15.3 Å². The number of carbonyl (C=O) groups is 1. The quantitative estimate of drug-likeness (QED) is 0.573. The molecule has 1 aliphatic carbocycles. The second-order valence-electron chi connectivity index (χ2n) is 9.82. The van der Waals surface area contributed by atoms with Crippen LogP contribution in [-0.2, 0) is 4.79 Å². The van der Waals surface area contributed by atoms with Gasteiger partial charge in [0.05, 0.1) is 6.04 Å². The van der Waals surface area contributed by atoms with E-state index in [2.05, 4.69) is 49.9 Å². The van der Waals surface area contributed by atoms with Crippen LogP contribution in [0.15, 0.2) is 12.4 Å². The fourth-order valence-electron chi connectivity index (χ4n) is 4.85. The summed E-state index contributed by atoms with van der Waals surface area (Å²) < 4.78 is 0. The van der Waals surface area contributed by atoms with Gasteiger partial charge in [0.1, 0.15) is 5.82 Å². The Morgan fingerprint density at radius 3 is 2.18 bits per heavy atom. The molecule has 1 aliphatic rings. The number of Topliss-reactive ketones (excluding diaryl/α,β-unsaturated/α-hetero) is 1. The van der Waals surface area contributed by atoms with Crippen molar-refractivity contribution in [3.8, 4) is 0 Å². The summed E-state index contributed by atoms with van der Waals surface area (Å²) in [4.78, 5) is 21.4. The molecule has 2 N–H and O–H groups in total. The van der Waals surface area contributed by atoms with Gasteiger partial charge in [0.2, 0.25) is 0 Å². The molecule has 0 aromatic carbocycles. The summed E-state index contributed by atoms with van der Waals surface area (Å²) in [7, 11) is 0. The maximum Gasteiger partial charge on any atom is 0.155 e. The molecule has 0 saturated heterocycles. The number of aromatic amines is 1. The number of H-pyrrole nitrogens is 1. The van der Waals surface area contributed by atoms with E-state index in [0.717, 1.165) is 12.2 Å². The largest absolute Gasteiger partial charge is 0.348 e. The van der Waals surface area contributed by atoms with Crippen LogP contribution in [0, 0.1) is 11.3 Å². The monoisotopic (exact) mass is 389 g/mol. The van der Waals surface area contributed by atoms with Gasteiger partial charge in [-0.05, 0) is 25.2 Å². The number of hydrogen-bond acceptors (Lipinski definition) is 3. The van der Waals surface area contributed by atoms with Crippen molar-refractivity contribution < 1.29 is 4.79 Å². The fourth-order valence-corrected chi connectivity index (χ4v) is 4.85. The van der Waals surface area contributed by atoms with Crippen molar-refractivity contribution in [2.75, 3.05) is 0 Å². The van der Waals surface area contributed by atoms with Crippen LogP contribution in [0.3, 0.4) is 0 Å². The summed E-state index contributed by atoms with van der Waals surface area (Å²) in [5, 5.41) is 3.58. The van der Waals surface area contributed by atoms with Gasteiger partial charge in [-0.1, -0.05) is 79.6 Å². The van der Waals surface area contributed by atoms with Crippen molar-refractivity contribution in [3.63, 3.8) is 0 Å². The lowest BCUT2D eigenvalue weighted by atomic mass is 9.68. The van der Waals surface area contributed by atoms with Gasteiger partial charge in [0, 0.05) is 29.8 Å². The van der Waals surface area contributed by atoms with Crippen LogP contribution in [0.4, 0.5) is 0 Å². The first-order valence-electron chi connectivity index (χ1n) is 11.6. The maximum atomic E-state index is 13.8. The number of imidazole rings is 1. The molecule has 2 unspecified atom stereocenters. The molecular formula is C24H43N3O. The van der Waals surface area contributed by atoms with Crippen molar-refractivity contribution in [1.29, 1.82) is 0 Å². The molecule has 1 fully saturated rings. The third-order valence-electron chi connectivity index (χ3n) is 6.69. The second kappa shape index (κ2) is 11.1. The van der Waals surface area contributed by atoms with Gasteiger partial charge in [-0.2, -0.15) is 0 Å². The summed E-state index contributed by atoms with van der Waals surface area (Å²) in [6, 6.07) is 0.170. The van der Waals surface area contributed by atoms with Crippen LogP contribution < -0.4 is 5.32 Å². The molecule has 4 heteroatoms. The average molecular weight is 390 g/mol. The summed E-state index contributed by atoms with van der Waals surface area (Å²) in [5.74, 6) is 2.09. The highest BCUT2D eigenvalue weighted by atomic mass is 16.1. The smallest absolute Gasteiger partial charge is 0.155 e. The first-order valence-corrected chi connectivity index (χ1v) is 11.6. The van der Waals surface area contributed by atoms with E-state index >= 15 is 0 Å². The molecular weight excluding hydrogens is 346 g/mol. The van der Waals surface area contributed by atoms with Gasteiger partial charge in [-0.15, -0.1) is 0 Å². The Morgan fingerprint density at radius 2 is 1.68 bits per heavy atom. The maximum absolute atomic E-state index is 13.8. The summed E-state index contributed by atoms with van der Waals surface area (Å²) in [5.41, 5.74) is -0.283. The predicted octanol–water partition coefficient (Wildman–Crippen LogP) is 6.01. The normalized spacial score (nSPS) is 20.1. The first-order chi connectivity index (χ1) is 13.3. The van der Waals surface area contributed by atoms with Crippen molar-refractivity contribution >= 4 is 5.78 Å². The van der Waals surface area contributed by atoms with Crippen LogP contribution in [0.5, 0.6) is 0 Å². The molecule has 0 bridgehead atoms. The fraction of sp³-hybridized carbons (Fsp3) is 0.833. The molecule has 1 heterocycles. The van der Waals surface area contributed by atoms with Gasteiger partial charge in [0.25, 0.3) is 0 Å². The van der Waals surface area contributed by atoms with Crippen LogP contribution in [0.25, 0.3) is 0 Å². The van der Waals surface area contributed by atoms with Crippen LogP contribution in [0.2, 0.25) is 0 Å². The zero-order valence-corrected chi connectivity index (χ0v) is 18.9. The Morgan fingerprint density at radius 1 is 1.11 bits per heavy atom. The SMILES string of the molecule is CC(C)NC(CC(C)c1ncc[nH]1)C(=O)C(C)(C)C1CCCCCCCCC1. The van der Waals surface area contributed by atoms with E-state index in [-0.39, 0.29) is 23.4 Å². The predicted molar refractivity (Wildman–Crippen MR) is 118 cm³/mol. The minimum absolute atomic E-state index is 0.120. The number of hydrogen-bond donors (Lipinski definition) is 2. The highest BCUT2D eigenvalue weighted by Crippen LogP contribution is 2.38. The van der Waals surface area contributed by atoms with Crippen molar-refractivity contribution in [3.05, 3.63) is 18.2 Å². The lowest BCUT2D eigenvalue weighted by Crippen LogP contribution is -2.49. The van der Waals surface area contributed by atoms with Crippen LogP contribution in [0.1, 0.15) is 111 Å². The van der Waals surface area contributed by atoms with Gasteiger partial charge >= 0.3 is 0 Å². The average Bonchev–Trinajstić information content (AvgIpc) is 3.19. The van der Waals surface area contributed by atoms with Gasteiger partial charge < -0.3 is 10.3 Å². The molecule has 2 rings (SSSR count). The molecule has 160 valence electrons. The lowest BCUT2D eigenvalue weighted by molar-refractivity contribution is -0.133. The Kier molecular flexibility index (Phi) is 9.20. The molecule has 1 aromatic rings. The third-order valence-corrected chi connectivity index (χ3v) is 6.69. The van der Waals surface area contributed by atoms with E-state index < -0.39 is 0 Å². The number of nitrogens with one attached hydrogen (secondary N) is 2. The second-order valence-corrected chi connectivity index (χ2v) is 9.82. The Bertz CT molecular complexity index is 554. The number of rotatable bonds is 8. The zero-order chi connectivity index (χ0) is 20.6. The van der Waals surface area contributed by atoms with E-state index in [1.165, 1.54) is 57.8 Å². The minimum atomic E-state index is -0.283. The molecule has 4 nitrogen and oxygen atoms in total. The summed E-state index contributed by atoms with van der Waals surface area (Å²) >= 11 is 0. The molecule has 1 aromatic heterocycles. The van der Waals surface area contributed by atoms with Crippen molar-refractivity contribution in [2.24, 2.45) is 11.3 Å². The van der Waals surface area contributed by atoms with Crippen molar-refractivity contribution in [2.45, 2.75) is 117 Å². The Balaban J connectivity index is 2.11. The van der Waals surface area contributed by atoms with E-state index in [4.69, 9.17) is 0 Å². The standard InChI is InChI=1S/C24H43N3O/c1-18(2)27-21(17-19(3)23-25-15-16-26-23)22(28)24(4,5)20-13-11-9-7-6-8-10-12-14-20/h15-16,18-21,27H,6-14,17H2,1-5H3,(H,25,26). The molecule has 0 aliphatic heterocycles. The van der Waals surface area contributed by atoms with E-state index in [0.29, 0.717) is 11.7 Å². The molecule has 1 saturated carbocycles. The third kappa shape index (κ3) is 6.72. The van der Waals surface area contributed by atoms with Crippen LogP contribution in [-0.4, -0.2) is 27.8 Å². The molecule has 28 heavy (non-hydrogen) atoms. The molecule has 0 spiro atoms. The number of nitrogens with zero attached hydrogens (tertiary/aromatic N) is 1. The Hall–Kier alpha value is -1.16. The first kappa shape index (κ1) is 23.1. The highest BCUT2D eigenvalue weighted by Gasteiger charge is 2.40. The number of carbonyl (C=O) groups excluding carboxylic acids is 1. The van der Waals surface area contributed by atoms with Crippen LogP contribution >= 0.6 is 0 Å². The van der Waals surface area contributed by atoms with Gasteiger partial charge in [0.15, 0.2) is 5.78 Å². The van der Waals surface area contributed by atoms with E-state index in [9.17, 15) is 4.79 Å². The van der Waals surface area contributed by atoms with Gasteiger partial charge in [-0.25, -0.2) is 4.98 Å². The van der Waals surface area contributed by atoms with E-state index in [1.54, 1.807) is 6.20 Å². The topological polar surface area (TPSA) is 57.8 Å². The highest BCUT2D eigenvalue weighted by molar-refractivity contribution is 5.89. The molecule has 0 radical (unpaired) electrons. The summed E-state index contributed by atoms with van der Waals surface area (Å²) in [6.45, 7) is 10.8. The number of ketones is 1. The molecule has 2 atom stereocenters. The lowest BCUT2D eigenvalue weighted by Gasteiger charge is -2.38. The zero-order valence-electron chi connectivity index (χ0n) is 18.9. The van der Waals surface area contributed by atoms with E-state index in [1.807, 2.05) is 6.20 Å². The number of aromatic nitrogens is 2.